The molecule has 3 heterocycles. The molecule has 16 heteroatoms. The number of hydrogen-bond acceptors (Lipinski definition) is 16. The lowest BCUT2D eigenvalue weighted by Crippen LogP contribution is -2.70. The lowest BCUT2D eigenvalue weighted by atomic mass is 9.31. The zero-order valence-electron chi connectivity index (χ0n) is 36.0. The zero-order chi connectivity index (χ0) is 43.5. The van der Waals surface area contributed by atoms with Gasteiger partial charge in [-0.05, 0) is 111 Å². The molecule has 22 atom stereocenters. The van der Waals surface area contributed by atoms with E-state index in [4.69, 9.17) is 28.4 Å². The standard InChI is InChI=1S/C44H70O16/c1-21(48)55-18-25-31(50)32(51)34(53)36(57-25)59-35-33(52)30(49)24(17-45)56-37(35)58-29-12-13-39(2)26(40(29,3)19-46)11-15-41(4)27(39)7-8-28-42(41,5)14-9-23-22-10-16-44(23,28)38(54)60-43(22,6)20-47/h22-37,45-47,49-53H,7-20H2,1-6H3/t22-,23-,24+,25+,26?,27+,28-,29-,30+,31+,32-,33-,34+,35+,36-,37-,39-,40+,41+,42+,43-,44+/m0/s1. The third-order valence-corrected chi connectivity index (χ3v) is 18.9. The molecule has 0 aromatic heterocycles. The van der Waals surface area contributed by atoms with Crippen molar-refractivity contribution in [2.24, 2.45) is 56.7 Å². The Morgan fingerprint density at radius 3 is 1.97 bits per heavy atom. The fourth-order valence-corrected chi connectivity index (χ4v) is 15.6. The van der Waals surface area contributed by atoms with Crippen molar-refractivity contribution in [3.63, 3.8) is 0 Å². The van der Waals surface area contributed by atoms with E-state index < -0.39 is 103 Å². The molecule has 0 aromatic rings. The smallest absolute Gasteiger partial charge is 0.313 e. The average Bonchev–Trinajstić information content (AvgIpc) is 3.58. The van der Waals surface area contributed by atoms with Crippen LogP contribution in [0.4, 0.5) is 0 Å². The van der Waals surface area contributed by atoms with Crippen molar-refractivity contribution in [2.45, 2.75) is 179 Å². The molecule has 2 bridgehead atoms. The van der Waals surface area contributed by atoms with Crippen LogP contribution in [-0.2, 0) is 38.0 Å². The van der Waals surface area contributed by atoms with Crippen molar-refractivity contribution in [1.82, 2.24) is 0 Å². The zero-order valence-corrected chi connectivity index (χ0v) is 36.0. The molecule has 5 aliphatic carbocycles. The first-order chi connectivity index (χ1) is 28.2. The molecule has 3 aliphatic heterocycles. The Labute approximate surface area is 352 Å². The molecule has 5 saturated carbocycles. The van der Waals surface area contributed by atoms with E-state index in [-0.39, 0.29) is 65.0 Å². The molecule has 8 rings (SSSR count). The highest BCUT2D eigenvalue weighted by molar-refractivity contribution is 5.80. The monoisotopic (exact) mass is 854 g/mol. The van der Waals surface area contributed by atoms with Crippen molar-refractivity contribution in [3.8, 4) is 0 Å². The molecule has 1 unspecified atom stereocenters. The van der Waals surface area contributed by atoms with E-state index in [0.29, 0.717) is 6.42 Å². The third-order valence-electron chi connectivity index (χ3n) is 18.9. The van der Waals surface area contributed by atoms with Gasteiger partial charge in [0, 0.05) is 18.3 Å². The number of fused-ring (bicyclic) bond motifs is 5. The van der Waals surface area contributed by atoms with Crippen molar-refractivity contribution < 1.29 is 78.9 Å². The Morgan fingerprint density at radius 1 is 0.667 bits per heavy atom. The van der Waals surface area contributed by atoms with Gasteiger partial charge in [-0.3, -0.25) is 9.59 Å². The van der Waals surface area contributed by atoms with Crippen LogP contribution in [0.3, 0.4) is 0 Å². The minimum absolute atomic E-state index is 0.00322. The van der Waals surface area contributed by atoms with Gasteiger partial charge in [0.15, 0.2) is 12.6 Å². The molecular weight excluding hydrogens is 784 g/mol. The van der Waals surface area contributed by atoms with Gasteiger partial charge >= 0.3 is 11.9 Å². The maximum Gasteiger partial charge on any atom is 0.313 e. The molecule has 0 radical (unpaired) electrons. The number of carbonyl (C=O) groups excluding carboxylic acids is 2. The number of aliphatic hydroxyl groups excluding tert-OH is 8. The Kier molecular flexibility index (Phi) is 11.7. The van der Waals surface area contributed by atoms with E-state index in [1.54, 1.807) is 0 Å². The molecule has 0 aromatic carbocycles. The normalized spacial score (nSPS) is 56.1. The van der Waals surface area contributed by atoms with E-state index in [2.05, 4.69) is 20.8 Å². The van der Waals surface area contributed by atoms with Crippen LogP contribution in [0.1, 0.15) is 106 Å². The van der Waals surface area contributed by atoms with Crippen LogP contribution >= 0.6 is 0 Å². The lowest BCUT2D eigenvalue weighted by molar-refractivity contribution is -0.380. The second-order valence-electron chi connectivity index (χ2n) is 21.3. The molecule has 8 aliphatic rings. The summed E-state index contributed by atoms with van der Waals surface area (Å²) < 4.78 is 35.8. The van der Waals surface area contributed by atoms with Crippen molar-refractivity contribution in [3.05, 3.63) is 0 Å². The first kappa shape index (κ1) is 45.0. The fourth-order valence-electron chi connectivity index (χ4n) is 15.6. The summed E-state index contributed by atoms with van der Waals surface area (Å²) in [7, 11) is 0. The summed E-state index contributed by atoms with van der Waals surface area (Å²) >= 11 is 0. The number of rotatable bonds is 9. The van der Waals surface area contributed by atoms with E-state index in [1.165, 1.54) is 0 Å². The highest BCUT2D eigenvalue weighted by atomic mass is 16.8. The van der Waals surface area contributed by atoms with Gasteiger partial charge < -0.3 is 69.3 Å². The van der Waals surface area contributed by atoms with Gasteiger partial charge in [0.2, 0.25) is 0 Å². The second-order valence-corrected chi connectivity index (χ2v) is 21.3. The van der Waals surface area contributed by atoms with E-state index in [9.17, 15) is 50.4 Å². The summed E-state index contributed by atoms with van der Waals surface area (Å²) in [5.74, 6) is 0.0360. The largest absolute Gasteiger partial charge is 0.463 e. The van der Waals surface area contributed by atoms with Crippen molar-refractivity contribution in [2.75, 3.05) is 26.4 Å². The number of ether oxygens (including phenoxy) is 6. The minimum Gasteiger partial charge on any atom is -0.463 e. The maximum atomic E-state index is 14.3. The number of esters is 2. The molecule has 16 nitrogen and oxygen atoms in total. The Bertz CT molecular complexity index is 1630. The molecule has 3 saturated heterocycles. The van der Waals surface area contributed by atoms with E-state index in [0.717, 1.165) is 64.7 Å². The highest BCUT2D eigenvalue weighted by Crippen LogP contribution is 2.79. The Morgan fingerprint density at radius 2 is 1.30 bits per heavy atom. The van der Waals surface area contributed by atoms with Gasteiger partial charge in [0.25, 0.3) is 0 Å². The maximum absolute atomic E-state index is 14.3. The molecule has 0 spiro atoms. The van der Waals surface area contributed by atoms with Crippen LogP contribution in [0, 0.1) is 56.7 Å². The van der Waals surface area contributed by atoms with Gasteiger partial charge in [-0.15, -0.1) is 0 Å². The van der Waals surface area contributed by atoms with E-state index in [1.807, 2.05) is 13.8 Å². The van der Waals surface area contributed by atoms with Crippen LogP contribution in [0.2, 0.25) is 0 Å². The highest BCUT2D eigenvalue weighted by Gasteiger charge is 2.76. The van der Waals surface area contributed by atoms with Gasteiger partial charge in [-0.2, -0.15) is 0 Å². The summed E-state index contributed by atoms with van der Waals surface area (Å²) in [5.41, 5.74) is -2.64. The molecular formula is C44H70O16. The van der Waals surface area contributed by atoms with Crippen LogP contribution in [0.5, 0.6) is 0 Å². The number of aliphatic hydroxyl groups is 8. The minimum atomic E-state index is -1.82. The summed E-state index contributed by atoms with van der Waals surface area (Å²) in [6, 6.07) is 0. The van der Waals surface area contributed by atoms with Crippen molar-refractivity contribution in [1.29, 1.82) is 0 Å². The lowest BCUT2D eigenvalue weighted by Gasteiger charge is -2.73. The summed E-state index contributed by atoms with van der Waals surface area (Å²) in [6.45, 7) is 10.8. The third kappa shape index (κ3) is 6.27. The molecule has 0 amide bonds. The van der Waals surface area contributed by atoms with Crippen LogP contribution in [-0.4, -0.2) is 152 Å². The fraction of sp³-hybridized carbons (Fsp3) is 0.955. The average molecular weight is 855 g/mol. The van der Waals surface area contributed by atoms with Gasteiger partial charge in [-0.25, -0.2) is 0 Å². The van der Waals surface area contributed by atoms with Gasteiger partial charge in [0.1, 0.15) is 61.0 Å². The van der Waals surface area contributed by atoms with Crippen LogP contribution in [0.15, 0.2) is 0 Å². The SMILES string of the molecule is CC(=O)OC[C@H]1O[C@@H](O[C@H]2[C@H](O[C@H]3CC[C@@]4(C)C(CC[C@]5(C)[C@@H]4CC[C@@H]4[C@@]67CC[C@@H]([C@@H]6CC[C@]45C)[C@](C)(CO)OC7=O)[C@@]3(C)CO)O[C@H](CO)[C@@H](O)[C@@H]2O)[C@H](O)[C@@H](O)[C@@H]1O. The van der Waals surface area contributed by atoms with Crippen LogP contribution < -0.4 is 0 Å². The number of carbonyl (C=O) groups is 2. The van der Waals surface area contributed by atoms with Crippen molar-refractivity contribution >= 4 is 11.9 Å². The summed E-state index contributed by atoms with van der Waals surface area (Å²) in [4.78, 5) is 25.8. The Balaban J connectivity index is 1.04. The van der Waals surface area contributed by atoms with Crippen LogP contribution in [0.25, 0.3) is 0 Å². The topological polar surface area (TPSA) is 251 Å². The number of hydrogen-bond donors (Lipinski definition) is 8. The Hall–Kier alpha value is -1.54. The predicted molar refractivity (Wildman–Crippen MR) is 208 cm³/mol. The molecule has 8 fully saturated rings. The van der Waals surface area contributed by atoms with Gasteiger partial charge in [-0.1, -0.05) is 27.7 Å². The quantitative estimate of drug-likeness (QED) is 0.119. The van der Waals surface area contributed by atoms with Gasteiger partial charge in [0.05, 0.1) is 31.3 Å². The summed E-state index contributed by atoms with van der Waals surface area (Å²) in [5, 5.41) is 86.4. The molecule has 8 N–H and O–H groups in total. The number of cyclic esters (lactones) is 1. The van der Waals surface area contributed by atoms with E-state index >= 15 is 0 Å². The first-order valence-electron chi connectivity index (χ1n) is 22.4. The first-order valence-corrected chi connectivity index (χ1v) is 22.4. The molecule has 60 heavy (non-hydrogen) atoms. The molecule has 342 valence electrons. The second kappa shape index (κ2) is 15.6. The summed E-state index contributed by atoms with van der Waals surface area (Å²) in [6.07, 6.45) is -8.07. The predicted octanol–water partition coefficient (Wildman–Crippen LogP) is 0.928.